The minimum Gasteiger partial charge on any atom is -0.352 e. The molecule has 0 saturated heterocycles. The Balaban J connectivity index is 1.81. The van der Waals surface area contributed by atoms with Crippen molar-refractivity contribution in [3.63, 3.8) is 0 Å². The summed E-state index contributed by atoms with van der Waals surface area (Å²) in [5.74, 6) is -0.382. The fourth-order valence-corrected chi connectivity index (χ4v) is 3.51. The number of hydrogen-bond donors (Lipinski definition) is 3. The molecule has 0 fully saturated rings. The van der Waals surface area contributed by atoms with E-state index in [9.17, 15) is 18.4 Å². The molecule has 3 amide bonds. The summed E-state index contributed by atoms with van der Waals surface area (Å²) >= 11 is 0. The zero-order valence-electron chi connectivity index (χ0n) is 16.6. The van der Waals surface area contributed by atoms with Crippen LogP contribution in [0.4, 0.5) is 13.6 Å². The van der Waals surface area contributed by atoms with Gasteiger partial charge in [-0.1, -0.05) is 36.4 Å². The number of nitrogens with one attached hydrogen (secondary N) is 2. The highest BCUT2D eigenvalue weighted by molar-refractivity contribution is 5.80. The number of nitrogens with zero attached hydrogens (tertiary/aromatic N) is 2. The summed E-state index contributed by atoms with van der Waals surface area (Å²) in [4.78, 5) is 28.4. The van der Waals surface area contributed by atoms with Crippen molar-refractivity contribution in [1.29, 1.82) is 0 Å². The smallest absolute Gasteiger partial charge is 0.320 e. The standard InChI is InChI=1S/C21H23F2N5O2/c1-12-7-3-4-8-14(12)16(27-21(24)30)11-18(29)25-13(2)19-26-15-9-5-6-10-17(15)28(19)20(22)23/h3-10,13,16,20H,11H2,1-2H3,(H,25,29)(H3,24,27,30)/t13-,16-/m0/s1. The number of aromatic nitrogens is 2. The Labute approximate surface area is 172 Å². The number of halogens is 2. The highest BCUT2D eigenvalue weighted by Gasteiger charge is 2.25. The van der Waals surface area contributed by atoms with Crippen LogP contribution in [0.15, 0.2) is 48.5 Å². The zero-order valence-corrected chi connectivity index (χ0v) is 16.6. The van der Waals surface area contributed by atoms with Crippen LogP contribution in [0.3, 0.4) is 0 Å². The molecular weight excluding hydrogens is 392 g/mol. The number of amides is 3. The van der Waals surface area contributed by atoms with Crippen LogP contribution in [-0.4, -0.2) is 21.5 Å². The second-order valence-electron chi connectivity index (χ2n) is 7.02. The molecule has 0 aliphatic rings. The summed E-state index contributed by atoms with van der Waals surface area (Å²) in [6.07, 6.45) is -0.104. The number of imidazole rings is 1. The molecule has 9 heteroatoms. The molecule has 1 aromatic heterocycles. The Morgan fingerprint density at radius 1 is 1.10 bits per heavy atom. The van der Waals surface area contributed by atoms with Crippen LogP contribution in [0.5, 0.6) is 0 Å². The van der Waals surface area contributed by atoms with Gasteiger partial charge in [-0.05, 0) is 37.1 Å². The Hall–Kier alpha value is -3.49. The quantitative estimate of drug-likeness (QED) is 0.548. The van der Waals surface area contributed by atoms with Gasteiger partial charge in [-0.25, -0.2) is 9.78 Å². The molecule has 1 heterocycles. The number of rotatable bonds is 7. The summed E-state index contributed by atoms with van der Waals surface area (Å²) in [7, 11) is 0. The Kier molecular flexibility index (Phi) is 6.29. The van der Waals surface area contributed by atoms with Crippen LogP contribution < -0.4 is 16.4 Å². The maximum atomic E-state index is 13.7. The summed E-state index contributed by atoms with van der Waals surface area (Å²) in [6.45, 7) is 0.640. The van der Waals surface area contributed by atoms with Crippen molar-refractivity contribution in [3.05, 3.63) is 65.5 Å². The molecule has 0 radical (unpaired) electrons. The number of benzene rings is 2. The van der Waals surface area contributed by atoms with Crippen LogP contribution in [-0.2, 0) is 4.79 Å². The molecule has 7 nitrogen and oxygen atoms in total. The van der Waals surface area contributed by atoms with Gasteiger partial charge in [0.25, 0.3) is 0 Å². The lowest BCUT2D eigenvalue weighted by Gasteiger charge is -2.21. The number of fused-ring (bicyclic) bond motifs is 1. The minimum atomic E-state index is -2.80. The third-order valence-electron chi connectivity index (χ3n) is 4.85. The number of urea groups is 1. The number of nitrogens with two attached hydrogens (primary N) is 1. The van der Waals surface area contributed by atoms with Crippen molar-refractivity contribution in [3.8, 4) is 0 Å². The molecule has 4 N–H and O–H groups in total. The first-order chi connectivity index (χ1) is 14.3. The number of primary amides is 1. The van der Waals surface area contributed by atoms with Crippen molar-refractivity contribution >= 4 is 23.0 Å². The van der Waals surface area contributed by atoms with Gasteiger partial charge in [-0.15, -0.1) is 0 Å². The van der Waals surface area contributed by atoms with Gasteiger partial charge in [-0.3, -0.25) is 9.36 Å². The van der Waals surface area contributed by atoms with E-state index in [1.807, 2.05) is 19.1 Å². The fraction of sp³-hybridized carbons (Fsp3) is 0.286. The first-order valence-electron chi connectivity index (χ1n) is 9.43. The predicted molar refractivity (Wildman–Crippen MR) is 109 cm³/mol. The Morgan fingerprint density at radius 2 is 1.77 bits per heavy atom. The molecule has 0 unspecified atom stereocenters. The van der Waals surface area contributed by atoms with E-state index in [1.165, 1.54) is 0 Å². The maximum Gasteiger partial charge on any atom is 0.320 e. The fourth-order valence-electron chi connectivity index (χ4n) is 3.51. The van der Waals surface area contributed by atoms with E-state index in [2.05, 4.69) is 15.6 Å². The average molecular weight is 415 g/mol. The van der Waals surface area contributed by atoms with E-state index in [-0.39, 0.29) is 17.8 Å². The van der Waals surface area contributed by atoms with Crippen LogP contribution in [0.25, 0.3) is 11.0 Å². The van der Waals surface area contributed by atoms with Gasteiger partial charge in [-0.2, -0.15) is 8.78 Å². The minimum absolute atomic E-state index is 0.0508. The van der Waals surface area contributed by atoms with Crippen LogP contribution in [0, 0.1) is 6.92 Å². The Bertz CT molecular complexity index is 1070. The van der Waals surface area contributed by atoms with Crippen molar-refractivity contribution in [2.45, 2.75) is 38.9 Å². The summed E-state index contributed by atoms with van der Waals surface area (Å²) in [6, 6.07) is 11.7. The average Bonchev–Trinajstić information content (AvgIpc) is 3.07. The van der Waals surface area contributed by atoms with Gasteiger partial charge in [0.05, 0.1) is 29.5 Å². The molecule has 0 aliphatic carbocycles. The van der Waals surface area contributed by atoms with E-state index >= 15 is 0 Å². The first kappa shape index (κ1) is 21.2. The molecular formula is C21H23F2N5O2. The van der Waals surface area contributed by atoms with Gasteiger partial charge >= 0.3 is 12.6 Å². The molecule has 3 rings (SSSR count). The second-order valence-corrected chi connectivity index (χ2v) is 7.02. The normalized spacial score (nSPS) is 13.2. The monoisotopic (exact) mass is 415 g/mol. The molecule has 30 heavy (non-hydrogen) atoms. The zero-order chi connectivity index (χ0) is 21.8. The van der Waals surface area contributed by atoms with Gasteiger partial charge in [0.2, 0.25) is 5.91 Å². The van der Waals surface area contributed by atoms with Gasteiger partial charge in [0, 0.05) is 0 Å². The van der Waals surface area contributed by atoms with Gasteiger partial charge in [0.15, 0.2) is 0 Å². The highest BCUT2D eigenvalue weighted by atomic mass is 19.3. The van der Waals surface area contributed by atoms with E-state index in [0.717, 1.165) is 15.7 Å². The van der Waals surface area contributed by atoms with Gasteiger partial charge < -0.3 is 16.4 Å². The topological polar surface area (TPSA) is 102 Å². The van der Waals surface area contributed by atoms with Crippen LogP contribution >= 0.6 is 0 Å². The molecule has 0 saturated carbocycles. The van der Waals surface area contributed by atoms with Gasteiger partial charge in [0.1, 0.15) is 5.82 Å². The predicted octanol–water partition coefficient (Wildman–Crippen LogP) is 3.72. The molecule has 0 spiro atoms. The van der Waals surface area contributed by atoms with Crippen LogP contribution in [0.1, 0.15) is 48.9 Å². The highest BCUT2D eigenvalue weighted by Crippen LogP contribution is 2.27. The van der Waals surface area contributed by atoms with E-state index in [4.69, 9.17) is 5.73 Å². The first-order valence-corrected chi connectivity index (χ1v) is 9.43. The summed E-state index contributed by atoms with van der Waals surface area (Å²) in [5, 5.41) is 5.27. The molecule has 0 aliphatic heterocycles. The number of carbonyl (C=O) groups is 2. The van der Waals surface area contributed by atoms with Crippen molar-refractivity contribution in [1.82, 2.24) is 20.2 Å². The maximum absolute atomic E-state index is 13.7. The van der Waals surface area contributed by atoms with E-state index in [0.29, 0.717) is 5.52 Å². The van der Waals surface area contributed by atoms with Crippen LogP contribution in [0.2, 0.25) is 0 Å². The van der Waals surface area contributed by atoms with Crippen molar-refractivity contribution in [2.24, 2.45) is 5.73 Å². The third-order valence-corrected chi connectivity index (χ3v) is 4.85. The number of para-hydroxylation sites is 2. The van der Waals surface area contributed by atoms with E-state index < -0.39 is 30.6 Å². The van der Waals surface area contributed by atoms with Crippen molar-refractivity contribution < 1.29 is 18.4 Å². The molecule has 0 bridgehead atoms. The number of hydrogen-bond acceptors (Lipinski definition) is 3. The number of alkyl halides is 2. The molecule has 2 aromatic carbocycles. The lowest BCUT2D eigenvalue weighted by atomic mass is 9.98. The SMILES string of the molecule is Cc1ccccc1[C@H](CC(=O)N[C@@H](C)c1nc2ccccc2n1C(F)F)NC(N)=O. The number of carbonyl (C=O) groups excluding carboxylic acids is 2. The molecule has 158 valence electrons. The summed E-state index contributed by atoms with van der Waals surface area (Å²) in [5.41, 5.74) is 7.61. The molecule has 2 atom stereocenters. The summed E-state index contributed by atoms with van der Waals surface area (Å²) < 4.78 is 28.1. The van der Waals surface area contributed by atoms with E-state index in [1.54, 1.807) is 43.3 Å². The third kappa shape index (κ3) is 4.56. The lowest BCUT2D eigenvalue weighted by Crippen LogP contribution is -2.37. The molecule has 3 aromatic rings. The largest absolute Gasteiger partial charge is 0.352 e. The second kappa shape index (κ2) is 8.89. The Morgan fingerprint density at radius 3 is 2.43 bits per heavy atom. The number of aryl methyl sites for hydroxylation is 1. The lowest BCUT2D eigenvalue weighted by molar-refractivity contribution is -0.122. The van der Waals surface area contributed by atoms with Crippen molar-refractivity contribution in [2.75, 3.05) is 0 Å².